The Morgan fingerprint density at radius 1 is 1.31 bits per heavy atom. The summed E-state index contributed by atoms with van der Waals surface area (Å²) in [5.74, 6) is 0.106. The van der Waals surface area contributed by atoms with Crippen LogP contribution in [-0.4, -0.2) is 78.3 Å². The lowest BCUT2D eigenvalue weighted by Gasteiger charge is -2.25. The van der Waals surface area contributed by atoms with E-state index in [1.807, 2.05) is 47.5 Å². The van der Waals surface area contributed by atoms with Crippen molar-refractivity contribution in [2.75, 3.05) is 33.8 Å². The highest BCUT2D eigenvalue weighted by molar-refractivity contribution is 5.98. The summed E-state index contributed by atoms with van der Waals surface area (Å²) in [4.78, 5) is 25.8. The molecule has 2 aliphatic heterocycles. The average Bonchev–Trinajstić information content (AvgIpc) is 3.45. The number of pyridine rings is 1. The van der Waals surface area contributed by atoms with Crippen LogP contribution in [0.4, 0.5) is 0 Å². The summed E-state index contributed by atoms with van der Waals surface area (Å²) in [5, 5.41) is 12.0. The Balaban J connectivity index is 1.37. The monoisotopic (exact) mass is 432 g/mol. The van der Waals surface area contributed by atoms with Crippen molar-refractivity contribution in [1.29, 1.82) is 0 Å². The van der Waals surface area contributed by atoms with Gasteiger partial charge in [0.1, 0.15) is 6.23 Å². The van der Waals surface area contributed by atoms with Gasteiger partial charge in [0, 0.05) is 51.1 Å². The van der Waals surface area contributed by atoms with E-state index in [-0.39, 0.29) is 18.1 Å². The minimum Gasteiger partial charge on any atom is -0.374 e. The second-order valence-corrected chi connectivity index (χ2v) is 8.75. The SMILES string of the molecule is CN(C)C(=O)c1cc2ccccc2nc1CCN1CC2=C(C=CCC2C2N=CCO2)C1O. The van der Waals surface area contributed by atoms with E-state index in [2.05, 4.69) is 11.1 Å². The van der Waals surface area contributed by atoms with Crippen LogP contribution in [0.3, 0.4) is 0 Å². The number of carbonyl (C=O) groups is 1. The number of ether oxygens (including phenoxy) is 1. The number of para-hydroxylation sites is 1. The van der Waals surface area contributed by atoms with Gasteiger partial charge in [-0.3, -0.25) is 19.7 Å². The largest absolute Gasteiger partial charge is 0.374 e. The molecule has 3 aliphatic rings. The molecule has 0 saturated carbocycles. The molecule has 7 heteroatoms. The third-order valence-electron chi connectivity index (χ3n) is 6.52. The third kappa shape index (κ3) is 3.77. The molecule has 7 nitrogen and oxygen atoms in total. The molecule has 1 aromatic carbocycles. The number of carbonyl (C=O) groups excluding carboxylic acids is 1. The first-order valence-electron chi connectivity index (χ1n) is 11.1. The average molecular weight is 433 g/mol. The first kappa shape index (κ1) is 21.0. The number of aliphatic imine (C=N–C) groups is 1. The maximum absolute atomic E-state index is 12.8. The zero-order chi connectivity index (χ0) is 22.2. The quantitative estimate of drug-likeness (QED) is 0.785. The summed E-state index contributed by atoms with van der Waals surface area (Å²) in [7, 11) is 3.51. The van der Waals surface area contributed by atoms with Gasteiger partial charge in [0.25, 0.3) is 5.91 Å². The maximum Gasteiger partial charge on any atom is 0.255 e. The van der Waals surface area contributed by atoms with Crippen molar-refractivity contribution >= 4 is 23.0 Å². The minimum absolute atomic E-state index is 0.0584. The molecule has 0 spiro atoms. The molecule has 0 saturated heterocycles. The van der Waals surface area contributed by atoms with Gasteiger partial charge in [0.15, 0.2) is 6.23 Å². The van der Waals surface area contributed by atoms with Gasteiger partial charge >= 0.3 is 0 Å². The van der Waals surface area contributed by atoms with Gasteiger partial charge < -0.3 is 14.7 Å². The van der Waals surface area contributed by atoms with E-state index in [9.17, 15) is 9.90 Å². The predicted octanol–water partition coefficient (Wildman–Crippen LogP) is 2.41. The van der Waals surface area contributed by atoms with Gasteiger partial charge in [-0.1, -0.05) is 30.4 Å². The van der Waals surface area contributed by atoms with Crippen LogP contribution in [0.5, 0.6) is 0 Å². The molecule has 166 valence electrons. The van der Waals surface area contributed by atoms with Crippen molar-refractivity contribution in [1.82, 2.24) is 14.8 Å². The van der Waals surface area contributed by atoms with Gasteiger partial charge in [-0.15, -0.1) is 0 Å². The van der Waals surface area contributed by atoms with E-state index in [0.29, 0.717) is 31.7 Å². The summed E-state index contributed by atoms with van der Waals surface area (Å²) in [6, 6.07) is 9.77. The number of nitrogens with zero attached hydrogens (tertiary/aromatic N) is 4. The van der Waals surface area contributed by atoms with Crippen molar-refractivity contribution in [3.8, 4) is 0 Å². The highest BCUT2D eigenvalue weighted by Crippen LogP contribution is 2.38. The normalized spacial score (nSPS) is 25.0. The lowest BCUT2D eigenvalue weighted by atomic mass is 9.87. The standard InChI is InChI=1S/C25H28N4O3/c1-28(2)24(30)19-14-16-6-3-4-9-21(16)27-22(19)10-12-29-15-20-17(23-26-11-13-32-23)7-5-8-18(20)25(29)31/h3-6,8-9,11,14,17,23,25,31H,7,10,12-13,15H2,1-2H3. The zero-order valence-corrected chi connectivity index (χ0v) is 18.4. The van der Waals surface area contributed by atoms with E-state index < -0.39 is 6.23 Å². The summed E-state index contributed by atoms with van der Waals surface area (Å²) in [5.41, 5.74) is 4.42. The van der Waals surface area contributed by atoms with Crippen LogP contribution in [0.2, 0.25) is 0 Å². The number of benzene rings is 1. The first-order valence-corrected chi connectivity index (χ1v) is 11.1. The number of fused-ring (bicyclic) bond motifs is 1. The van der Waals surface area contributed by atoms with Crippen molar-refractivity contribution in [2.45, 2.75) is 25.3 Å². The summed E-state index contributed by atoms with van der Waals surface area (Å²) >= 11 is 0. The Morgan fingerprint density at radius 3 is 2.94 bits per heavy atom. The Morgan fingerprint density at radius 2 is 2.16 bits per heavy atom. The minimum atomic E-state index is -0.664. The molecule has 3 heterocycles. The number of amides is 1. The van der Waals surface area contributed by atoms with Crippen LogP contribution in [0, 0.1) is 5.92 Å². The van der Waals surface area contributed by atoms with Crippen LogP contribution in [0.25, 0.3) is 10.9 Å². The fraction of sp³-hybridized carbons (Fsp3) is 0.400. The Hall–Kier alpha value is -2.87. The molecule has 5 rings (SSSR count). The van der Waals surface area contributed by atoms with E-state index in [0.717, 1.165) is 28.6 Å². The summed E-state index contributed by atoms with van der Waals surface area (Å²) in [6.07, 6.45) is 6.57. The van der Waals surface area contributed by atoms with E-state index in [1.54, 1.807) is 19.0 Å². The molecule has 3 unspecified atom stereocenters. The molecule has 1 amide bonds. The van der Waals surface area contributed by atoms with Crippen LogP contribution in [0.15, 0.2) is 58.6 Å². The lowest BCUT2D eigenvalue weighted by molar-refractivity contribution is 0.0549. The molecule has 0 bridgehead atoms. The smallest absolute Gasteiger partial charge is 0.255 e. The van der Waals surface area contributed by atoms with Crippen LogP contribution in [0.1, 0.15) is 22.5 Å². The molecular formula is C25H28N4O3. The predicted molar refractivity (Wildman–Crippen MR) is 124 cm³/mol. The molecule has 2 aromatic rings. The topological polar surface area (TPSA) is 78.3 Å². The summed E-state index contributed by atoms with van der Waals surface area (Å²) in [6.45, 7) is 1.82. The number of aliphatic hydroxyl groups excluding tert-OH is 1. The van der Waals surface area contributed by atoms with Crippen LogP contribution in [-0.2, 0) is 11.2 Å². The van der Waals surface area contributed by atoms with E-state index in [4.69, 9.17) is 9.72 Å². The third-order valence-corrected chi connectivity index (χ3v) is 6.52. The molecule has 1 aliphatic carbocycles. The second-order valence-electron chi connectivity index (χ2n) is 8.75. The molecular weight excluding hydrogens is 404 g/mol. The molecule has 3 atom stereocenters. The Bertz CT molecular complexity index is 1140. The van der Waals surface area contributed by atoms with Crippen molar-refractivity contribution < 1.29 is 14.6 Å². The van der Waals surface area contributed by atoms with Crippen LogP contribution >= 0.6 is 0 Å². The van der Waals surface area contributed by atoms with Gasteiger partial charge in [-0.25, -0.2) is 0 Å². The number of hydrogen-bond donors (Lipinski definition) is 1. The van der Waals surface area contributed by atoms with Crippen molar-refractivity contribution in [3.05, 3.63) is 64.9 Å². The molecule has 32 heavy (non-hydrogen) atoms. The van der Waals surface area contributed by atoms with Crippen LogP contribution < -0.4 is 0 Å². The number of hydrogen-bond acceptors (Lipinski definition) is 6. The zero-order valence-electron chi connectivity index (χ0n) is 18.4. The lowest BCUT2D eigenvalue weighted by Crippen LogP contribution is -2.34. The molecule has 1 aromatic heterocycles. The number of allylic oxidation sites excluding steroid dienone is 1. The van der Waals surface area contributed by atoms with Gasteiger partial charge in [0.2, 0.25) is 0 Å². The van der Waals surface area contributed by atoms with E-state index >= 15 is 0 Å². The van der Waals surface area contributed by atoms with Gasteiger partial charge in [-0.05, 0) is 29.7 Å². The maximum atomic E-state index is 12.8. The molecule has 0 radical (unpaired) electrons. The summed E-state index contributed by atoms with van der Waals surface area (Å²) < 4.78 is 5.76. The van der Waals surface area contributed by atoms with Gasteiger partial charge in [-0.2, -0.15) is 0 Å². The second kappa shape index (κ2) is 8.58. The highest BCUT2D eigenvalue weighted by atomic mass is 16.5. The van der Waals surface area contributed by atoms with Gasteiger partial charge in [0.05, 0.1) is 23.4 Å². The Labute approximate surface area is 187 Å². The fourth-order valence-electron chi connectivity index (χ4n) is 4.83. The number of aromatic nitrogens is 1. The van der Waals surface area contributed by atoms with Crippen molar-refractivity contribution in [3.63, 3.8) is 0 Å². The Kier molecular flexibility index (Phi) is 5.63. The fourth-order valence-corrected chi connectivity index (χ4v) is 4.83. The van der Waals surface area contributed by atoms with E-state index in [1.165, 1.54) is 5.57 Å². The number of aliphatic hydroxyl groups is 1. The first-order chi connectivity index (χ1) is 15.5. The van der Waals surface area contributed by atoms with Crippen molar-refractivity contribution in [2.24, 2.45) is 10.9 Å². The molecule has 1 N–H and O–H groups in total. The number of rotatable bonds is 5. The molecule has 0 fully saturated rings. The highest BCUT2D eigenvalue weighted by Gasteiger charge is 2.38.